The van der Waals surface area contributed by atoms with Crippen molar-refractivity contribution in [1.82, 2.24) is 4.90 Å². The average molecular weight is 319 g/mol. The molecular formula is C19H33N3O. The predicted octanol–water partition coefficient (Wildman–Crippen LogP) is 4.20. The van der Waals surface area contributed by atoms with Gasteiger partial charge >= 0.3 is 0 Å². The van der Waals surface area contributed by atoms with Crippen molar-refractivity contribution in [2.24, 2.45) is 0 Å². The fourth-order valence-electron chi connectivity index (χ4n) is 2.70. The molecule has 1 aromatic rings. The van der Waals surface area contributed by atoms with Crippen molar-refractivity contribution in [3.05, 3.63) is 23.8 Å². The van der Waals surface area contributed by atoms with Gasteiger partial charge < -0.3 is 11.1 Å². The van der Waals surface area contributed by atoms with Gasteiger partial charge in [-0.1, -0.05) is 39.7 Å². The first-order valence-electron chi connectivity index (χ1n) is 8.94. The monoisotopic (exact) mass is 319 g/mol. The van der Waals surface area contributed by atoms with E-state index in [2.05, 4.69) is 31.0 Å². The van der Waals surface area contributed by atoms with E-state index < -0.39 is 0 Å². The van der Waals surface area contributed by atoms with Gasteiger partial charge in [0.2, 0.25) is 5.91 Å². The first kappa shape index (κ1) is 19.5. The number of unbranched alkanes of at least 4 members (excludes halogenated alkanes) is 2. The van der Waals surface area contributed by atoms with Crippen molar-refractivity contribution < 1.29 is 4.79 Å². The molecule has 0 saturated carbocycles. The molecule has 0 saturated heterocycles. The molecule has 3 N–H and O–H groups in total. The van der Waals surface area contributed by atoms with Crippen LogP contribution in [0, 0.1) is 6.92 Å². The summed E-state index contributed by atoms with van der Waals surface area (Å²) in [5, 5.41) is 3.03. The van der Waals surface area contributed by atoms with Crippen LogP contribution < -0.4 is 11.1 Å². The second-order valence-corrected chi connectivity index (χ2v) is 6.23. The van der Waals surface area contributed by atoms with Gasteiger partial charge in [-0.15, -0.1) is 0 Å². The van der Waals surface area contributed by atoms with Crippen LogP contribution in [0.15, 0.2) is 18.2 Å². The highest BCUT2D eigenvalue weighted by molar-refractivity contribution is 5.95. The summed E-state index contributed by atoms with van der Waals surface area (Å²) in [5.74, 6) is 0.0722. The SMILES string of the molecule is CCCCN(CCCC)C(CC)C(=O)Nc1ccc(C)c(N)c1. The van der Waals surface area contributed by atoms with E-state index in [0.29, 0.717) is 5.69 Å². The zero-order valence-electron chi connectivity index (χ0n) is 15.2. The van der Waals surface area contributed by atoms with Crippen LogP contribution in [0.5, 0.6) is 0 Å². The van der Waals surface area contributed by atoms with Crippen molar-refractivity contribution in [3.63, 3.8) is 0 Å². The lowest BCUT2D eigenvalue weighted by Gasteiger charge is -2.30. The van der Waals surface area contributed by atoms with Crippen molar-refractivity contribution >= 4 is 17.3 Å². The summed E-state index contributed by atoms with van der Waals surface area (Å²) < 4.78 is 0. The van der Waals surface area contributed by atoms with Gasteiger partial charge in [0.15, 0.2) is 0 Å². The Hall–Kier alpha value is -1.55. The van der Waals surface area contributed by atoms with Gasteiger partial charge in [-0.25, -0.2) is 0 Å². The number of nitrogens with one attached hydrogen (secondary N) is 1. The van der Waals surface area contributed by atoms with Crippen LogP contribution in [-0.2, 0) is 4.79 Å². The topological polar surface area (TPSA) is 58.4 Å². The Bertz CT molecular complexity index is 480. The number of aryl methyl sites for hydroxylation is 1. The third-order valence-electron chi connectivity index (χ3n) is 4.27. The number of nitrogens with zero attached hydrogens (tertiary/aromatic N) is 1. The minimum atomic E-state index is -0.0735. The number of hydrogen-bond acceptors (Lipinski definition) is 3. The van der Waals surface area contributed by atoms with E-state index >= 15 is 0 Å². The van der Waals surface area contributed by atoms with E-state index in [-0.39, 0.29) is 11.9 Å². The fraction of sp³-hybridized carbons (Fsp3) is 0.632. The van der Waals surface area contributed by atoms with Crippen LogP contribution in [0.2, 0.25) is 0 Å². The molecule has 0 aliphatic carbocycles. The number of nitrogen functional groups attached to an aromatic ring is 1. The highest BCUT2D eigenvalue weighted by Gasteiger charge is 2.23. The third kappa shape index (κ3) is 6.22. The Morgan fingerprint density at radius 3 is 2.26 bits per heavy atom. The molecule has 0 aliphatic rings. The molecule has 1 rings (SSSR count). The molecule has 0 bridgehead atoms. The molecule has 0 heterocycles. The normalized spacial score (nSPS) is 12.4. The average Bonchev–Trinajstić information content (AvgIpc) is 2.53. The summed E-state index contributed by atoms with van der Waals surface area (Å²) in [7, 11) is 0. The Kier molecular flexibility index (Phi) is 8.70. The number of carbonyl (C=O) groups is 1. The number of anilines is 2. The smallest absolute Gasteiger partial charge is 0.241 e. The zero-order chi connectivity index (χ0) is 17.2. The molecule has 0 spiro atoms. The Balaban J connectivity index is 2.78. The van der Waals surface area contributed by atoms with E-state index in [4.69, 9.17) is 5.73 Å². The van der Waals surface area contributed by atoms with Gasteiger partial charge in [-0.3, -0.25) is 9.69 Å². The lowest BCUT2D eigenvalue weighted by molar-refractivity contribution is -0.121. The van der Waals surface area contributed by atoms with Crippen LogP contribution in [0.1, 0.15) is 58.4 Å². The molecule has 0 aliphatic heterocycles. The Labute approximate surface area is 141 Å². The summed E-state index contributed by atoms with van der Waals surface area (Å²) >= 11 is 0. The van der Waals surface area contributed by atoms with Crippen LogP contribution in [0.4, 0.5) is 11.4 Å². The van der Waals surface area contributed by atoms with Gasteiger partial charge in [0.25, 0.3) is 0 Å². The van der Waals surface area contributed by atoms with E-state index in [1.54, 1.807) is 0 Å². The molecule has 1 unspecified atom stereocenters. The highest BCUT2D eigenvalue weighted by atomic mass is 16.2. The van der Waals surface area contributed by atoms with Gasteiger partial charge in [-0.2, -0.15) is 0 Å². The lowest BCUT2D eigenvalue weighted by atomic mass is 10.1. The second-order valence-electron chi connectivity index (χ2n) is 6.23. The minimum Gasteiger partial charge on any atom is -0.398 e. The summed E-state index contributed by atoms with van der Waals surface area (Å²) in [6, 6.07) is 5.62. The molecule has 23 heavy (non-hydrogen) atoms. The van der Waals surface area contributed by atoms with E-state index in [9.17, 15) is 4.79 Å². The van der Waals surface area contributed by atoms with Crippen molar-refractivity contribution in [3.8, 4) is 0 Å². The number of nitrogens with two attached hydrogens (primary N) is 1. The van der Waals surface area contributed by atoms with Crippen molar-refractivity contribution in [1.29, 1.82) is 0 Å². The van der Waals surface area contributed by atoms with Gasteiger partial charge in [-0.05, 0) is 57.0 Å². The maximum atomic E-state index is 12.7. The maximum Gasteiger partial charge on any atom is 0.241 e. The quantitative estimate of drug-likeness (QED) is 0.636. The van der Waals surface area contributed by atoms with Crippen LogP contribution >= 0.6 is 0 Å². The number of benzene rings is 1. The predicted molar refractivity (Wildman–Crippen MR) is 99.7 cm³/mol. The fourth-order valence-corrected chi connectivity index (χ4v) is 2.70. The molecule has 1 atom stereocenters. The summed E-state index contributed by atoms with van der Waals surface area (Å²) in [5.41, 5.74) is 8.46. The molecule has 0 radical (unpaired) electrons. The summed E-state index contributed by atoms with van der Waals surface area (Å²) in [4.78, 5) is 15.0. The van der Waals surface area contributed by atoms with Gasteiger partial charge in [0, 0.05) is 11.4 Å². The number of amides is 1. The highest BCUT2D eigenvalue weighted by Crippen LogP contribution is 2.18. The first-order valence-corrected chi connectivity index (χ1v) is 8.94. The molecule has 1 aromatic carbocycles. The van der Waals surface area contributed by atoms with E-state index in [1.165, 1.54) is 0 Å². The standard InChI is InChI=1S/C19H33N3O/c1-5-8-12-22(13-9-6-2)18(7-3)19(23)21-16-11-10-15(4)17(20)14-16/h10-11,14,18H,5-9,12-13,20H2,1-4H3,(H,21,23). The Morgan fingerprint density at radius 1 is 1.17 bits per heavy atom. The second kappa shape index (κ2) is 10.3. The Morgan fingerprint density at radius 2 is 1.78 bits per heavy atom. The summed E-state index contributed by atoms with van der Waals surface area (Å²) in [6.45, 7) is 10.4. The lowest BCUT2D eigenvalue weighted by Crippen LogP contribution is -2.44. The van der Waals surface area contributed by atoms with Crippen LogP contribution in [0.25, 0.3) is 0 Å². The number of rotatable bonds is 10. The number of carbonyl (C=O) groups excluding carboxylic acids is 1. The van der Waals surface area contributed by atoms with Crippen LogP contribution in [0.3, 0.4) is 0 Å². The molecule has 4 nitrogen and oxygen atoms in total. The molecule has 130 valence electrons. The molecule has 1 amide bonds. The minimum absolute atomic E-state index is 0.0722. The number of hydrogen-bond donors (Lipinski definition) is 2. The molecular weight excluding hydrogens is 286 g/mol. The molecule has 0 aromatic heterocycles. The van der Waals surface area contributed by atoms with E-state index in [0.717, 1.165) is 56.4 Å². The van der Waals surface area contributed by atoms with Crippen molar-refractivity contribution in [2.45, 2.75) is 65.8 Å². The van der Waals surface area contributed by atoms with E-state index in [1.807, 2.05) is 25.1 Å². The zero-order valence-corrected chi connectivity index (χ0v) is 15.2. The van der Waals surface area contributed by atoms with Gasteiger partial charge in [0.1, 0.15) is 0 Å². The first-order chi connectivity index (χ1) is 11.0. The molecule has 4 heteroatoms. The maximum absolute atomic E-state index is 12.7. The largest absolute Gasteiger partial charge is 0.398 e. The van der Waals surface area contributed by atoms with Crippen LogP contribution in [-0.4, -0.2) is 29.9 Å². The van der Waals surface area contributed by atoms with Crippen molar-refractivity contribution in [2.75, 3.05) is 24.1 Å². The summed E-state index contributed by atoms with van der Waals surface area (Å²) in [6.07, 6.45) is 5.38. The third-order valence-corrected chi connectivity index (χ3v) is 4.27. The van der Waals surface area contributed by atoms with Gasteiger partial charge in [0.05, 0.1) is 6.04 Å². The molecule has 0 fully saturated rings.